The fraction of sp³-hybridized carbons (Fsp3) is 0.636. The number of likely N-dealkylation sites (N-methyl/N-ethyl adjacent to an activating group) is 1. The third-order valence-corrected chi connectivity index (χ3v) is 3.12. The molecule has 0 amide bonds. The highest BCUT2D eigenvalue weighted by Crippen LogP contribution is 2.23. The molecule has 0 radical (unpaired) electrons. The lowest BCUT2D eigenvalue weighted by molar-refractivity contribution is -0.0573. The Hall–Kier alpha value is -0.910. The van der Waals surface area contributed by atoms with E-state index in [-0.39, 0.29) is 0 Å². The van der Waals surface area contributed by atoms with E-state index in [1.54, 1.807) is 6.20 Å². The summed E-state index contributed by atoms with van der Waals surface area (Å²) in [6.45, 7) is 1.71. The molecule has 6 heteroatoms. The Bertz CT molecular complexity index is 383. The number of nitrogens with zero attached hydrogens (tertiary/aromatic N) is 3. The highest BCUT2D eigenvalue weighted by Gasteiger charge is 2.31. The van der Waals surface area contributed by atoms with Gasteiger partial charge in [0.05, 0.1) is 18.0 Å². The molecule has 0 aromatic carbocycles. The molecule has 5 nitrogen and oxygen atoms in total. The van der Waals surface area contributed by atoms with Crippen molar-refractivity contribution < 1.29 is 9.84 Å². The minimum atomic E-state index is -0.711. The Morgan fingerprint density at radius 2 is 2.18 bits per heavy atom. The lowest BCUT2D eigenvalue weighted by Gasteiger charge is -2.35. The van der Waals surface area contributed by atoms with Crippen LogP contribution in [0.15, 0.2) is 12.4 Å². The summed E-state index contributed by atoms with van der Waals surface area (Å²) in [6.07, 6.45) is 4.41. The van der Waals surface area contributed by atoms with Crippen LogP contribution in [0.1, 0.15) is 12.8 Å². The molecule has 1 aliphatic rings. The summed E-state index contributed by atoms with van der Waals surface area (Å²) < 4.78 is 5.24. The second-order valence-electron chi connectivity index (χ2n) is 4.39. The van der Waals surface area contributed by atoms with E-state index in [4.69, 9.17) is 16.3 Å². The van der Waals surface area contributed by atoms with Crippen molar-refractivity contribution >= 4 is 17.4 Å². The highest BCUT2D eigenvalue weighted by atomic mass is 35.5. The molecular formula is C11H16ClN3O2. The SMILES string of the molecule is CN(CC1(O)CCOCC1)c1cncc(Cl)n1. The average Bonchev–Trinajstić information content (AvgIpc) is 2.29. The smallest absolute Gasteiger partial charge is 0.149 e. The fourth-order valence-corrected chi connectivity index (χ4v) is 2.09. The van der Waals surface area contributed by atoms with Gasteiger partial charge in [-0.25, -0.2) is 4.98 Å². The number of aromatic nitrogens is 2. The van der Waals surface area contributed by atoms with Crippen molar-refractivity contribution in [2.45, 2.75) is 18.4 Å². The first-order valence-corrected chi connectivity index (χ1v) is 5.96. The Kier molecular flexibility index (Phi) is 3.81. The standard InChI is InChI=1S/C11H16ClN3O2/c1-15(10-7-13-6-9(12)14-10)8-11(16)2-4-17-5-3-11/h6-7,16H,2-5,8H2,1H3. The number of halogens is 1. The van der Waals surface area contributed by atoms with Gasteiger partial charge in [-0.2, -0.15) is 0 Å². The Morgan fingerprint density at radius 3 is 2.82 bits per heavy atom. The molecule has 1 saturated heterocycles. The van der Waals surface area contributed by atoms with Gasteiger partial charge in [0.15, 0.2) is 0 Å². The molecule has 1 aliphatic heterocycles. The summed E-state index contributed by atoms with van der Waals surface area (Å²) in [4.78, 5) is 10.0. The van der Waals surface area contributed by atoms with Gasteiger partial charge in [0, 0.05) is 39.6 Å². The topological polar surface area (TPSA) is 58.5 Å². The third-order valence-electron chi connectivity index (χ3n) is 2.94. The van der Waals surface area contributed by atoms with Gasteiger partial charge >= 0.3 is 0 Å². The summed E-state index contributed by atoms with van der Waals surface area (Å²) in [5.41, 5.74) is -0.711. The van der Waals surface area contributed by atoms with E-state index in [9.17, 15) is 5.11 Å². The zero-order valence-electron chi connectivity index (χ0n) is 9.77. The zero-order chi connectivity index (χ0) is 12.3. The fourth-order valence-electron chi connectivity index (χ4n) is 1.95. The van der Waals surface area contributed by atoms with Gasteiger partial charge in [-0.1, -0.05) is 11.6 Å². The quantitative estimate of drug-likeness (QED) is 0.879. The molecule has 1 aromatic rings. The Labute approximate surface area is 105 Å². The molecule has 0 atom stereocenters. The minimum absolute atomic E-state index is 0.355. The molecule has 0 unspecified atom stereocenters. The number of hydrogen-bond donors (Lipinski definition) is 1. The molecule has 1 N–H and O–H groups in total. The van der Waals surface area contributed by atoms with E-state index in [0.29, 0.717) is 43.6 Å². The predicted octanol–water partition coefficient (Wildman–Crippen LogP) is 1.11. The predicted molar refractivity (Wildman–Crippen MR) is 65.3 cm³/mol. The van der Waals surface area contributed by atoms with E-state index in [1.165, 1.54) is 6.20 Å². The van der Waals surface area contributed by atoms with E-state index in [2.05, 4.69) is 9.97 Å². The molecule has 1 aromatic heterocycles. The van der Waals surface area contributed by atoms with Crippen LogP contribution in [-0.4, -0.2) is 47.5 Å². The molecule has 0 spiro atoms. The van der Waals surface area contributed by atoms with Crippen LogP contribution in [0.5, 0.6) is 0 Å². The molecule has 94 valence electrons. The number of rotatable bonds is 3. The summed E-state index contributed by atoms with van der Waals surface area (Å²) in [5.74, 6) is 0.664. The van der Waals surface area contributed by atoms with Crippen LogP contribution in [0.4, 0.5) is 5.82 Å². The summed E-state index contributed by atoms with van der Waals surface area (Å²) >= 11 is 5.78. The monoisotopic (exact) mass is 257 g/mol. The van der Waals surface area contributed by atoms with Crippen molar-refractivity contribution in [3.63, 3.8) is 0 Å². The maximum Gasteiger partial charge on any atom is 0.149 e. The van der Waals surface area contributed by atoms with Crippen LogP contribution < -0.4 is 4.90 Å². The molecule has 0 aliphatic carbocycles. The van der Waals surface area contributed by atoms with Gasteiger partial charge in [0.2, 0.25) is 0 Å². The highest BCUT2D eigenvalue weighted by molar-refractivity contribution is 6.29. The normalized spacial score (nSPS) is 19.0. The van der Waals surface area contributed by atoms with E-state index in [1.807, 2.05) is 11.9 Å². The first-order chi connectivity index (χ1) is 8.09. The number of hydrogen-bond acceptors (Lipinski definition) is 5. The van der Waals surface area contributed by atoms with Crippen LogP contribution in [-0.2, 0) is 4.74 Å². The molecular weight excluding hydrogens is 242 g/mol. The zero-order valence-corrected chi connectivity index (χ0v) is 10.5. The van der Waals surface area contributed by atoms with Crippen LogP contribution in [0.2, 0.25) is 5.15 Å². The van der Waals surface area contributed by atoms with Crippen LogP contribution in [0.25, 0.3) is 0 Å². The van der Waals surface area contributed by atoms with E-state index >= 15 is 0 Å². The first kappa shape index (κ1) is 12.5. The van der Waals surface area contributed by atoms with Crippen LogP contribution >= 0.6 is 11.6 Å². The van der Waals surface area contributed by atoms with Crippen molar-refractivity contribution in [1.29, 1.82) is 0 Å². The largest absolute Gasteiger partial charge is 0.388 e. The van der Waals surface area contributed by atoms with Gasteiger partial charge in [-0.15, -0.1) is 0 Å². The van der Waals surface area contributed by atoms with E-state index in [0.717, 1.165) is 0 Å². The van der Waals surface area contributed by atoms with Gasteiger partial charge in [-0.05, 0) is 0 Å². The average molecular weight is 258 g/mol. The number of anilines is 1. The molecule has 0 bridgehead atoms. The van der Waals surface area contributed by atoms with Gasteiger partial charge in [0.1, 0.15) is 11.0 Å². The lowest BCUT2D eigenvalue weighted by Crippen LogP contribution is -2.46. The maximum absolute atomic E-state index is 10.4. The molecule has 2 rings (SSSR count). The maximum atomic E-state index is 10.4. The second kappa shape index (κ2) is 5.16. The molecule has 2 heterocycles. The summed E-state index contributed by atoms with van der Waals surface area (Å²) in [7, 11) is 1.87. The van der Waals surface area contributed by atoms with Crippen molar-refractivity contribution in [2.75, 3.05) is 31.7 Å². The van der Waals surface area contributed by atoms with Gasteiger partial charge in [-0.3, -0.25) is 4.98 Å². The first-order valence-electron chi connectivity index (χ1n) is 5.58. The summed E-state index contributed by atoms with van der Waals surface area (Å²) in [6, 6.07) is 0. The van der Waals surface area contributed by atoms with Crippen LogP contribution in [0.3, 0.4) is 0 Å². The second-order valence-corrected chi connectivity index (χ2v) is 4.78. The van der Waals surface area contributed by atoms with Crippen molar-refractivity contribution in [2.24, 2.45) is 0 Å². The number of ether oxygens (including phenoxy) is 1. The third kappa shape index (κ3) is 3.28. The number of aliphatic hydroxyl groups is 1. The molecule has 17 heavy (non-hydrogen) atoms. The molecule has 1 fully saturated rings. The van der Waals surface area contributed by atoms with E-state index < -0.39 is 5.60 Å². The van der Waals surface area contributed by atoms with Crippen molar-refractivity contribution in [3.8, 4) is 0 Å². The van der Waals surface area contributed by atoms with Crippen molar-refractivity contribution in [3.05, 3.63) is 17.5 Å². The van der Waals surface area contributed by atoms with Crippen LogP contribution in [0, 0.1) is 0 Å². The Balaban J connectivity index is 2.03. The lowest BCUT2D eigenvalue weighted by atomic mass is 9.94. The molecule has 0 saturated carbocycles. The summed E-state index contributed by atoms with van der Waals surface area (Å²) in [5, 5.41) is 10.7. The van der Waals surface area contributed by atoms with Gasteiger partial charge in [0.25, 0.3) is 0 Å². The minimum Gasteiger partial charge on any atom is -0.388 e. The Morgan fingerprint density at radius 1 is 1.47 bits per heavy atom. The van der Waals surface area contributed by atoms with Crippen molar-refractivity contribution in [1.82, 2.24) is 9.97 Å². The van der Waals surface area contributed by atoms with Gasteiger partial charge < -0.3 is 14.7 Å².